The Bertz CT molecular complexity index is 557. The lowest BCUT2D eigenvalue weighted by atomic mass is 10.1. The molecule has 20 heavy (non-hydrogen) atoms. The molecule has 1 unspecified atom stereocenters. The van der Waals surface area contributed by atoms with Gasteiger partial charge in [-0.2, -0.15) is 5.10 Å². The summed E-state index contributed by atoms with van der Waals surface area (Å²) in [6.45, 7) is 8.21. The van der Waals surface area contributed by atoms with Crippen molar-refractivity contribution in [3.05, 3.63) is 36.7 Å². The average molecular weight is 421 g/mol. The number of aromatic nitrogens is 2. The van der Waals surface area contributed by atoms with Crippen molar-refractivity contribution >= 4 is 43.2 Å². The molecule has 2 heterocycles. The van der Waals surface area contributed by atoms with Gasteiger partial charge in [0.25, 0.3) is 0 Å². The van der Waals surface area contributed by atoms with Gasteiger partial charge < -0.3 is 5.32 Å². The molecule has 2 rings (SSSR count). The van der Waals surface area contributed by atoms with Crippen LogP contribution in [0.25, 0.3) is 0 Å². The van der Waals surface area contributed by atoms with Gasteiger partial charge in [0.05, 0.1) is 9.48 Å². The van der Waals surface area contributed by atoms with Crippen LogP contribution in [0.15, 0.2) is 20.4 Å². The third-order valence-corrected chi connectivity index (χ3v) is 6.53. The van der Waals surface area contributed by atoms with E-state index in [1.54, 1.807) is 11.3 Å². The van der Waals surface area contributed by atoms with Crippen LogP contribution in [0.1, 0.15) is 36.2 Å². The third kappa shape index (κ3) is 3.72. The van der Waals surface area contributed by atoms with Gasteiger partial charge in [0, 0.05) is 34.1 Å². The van der Waals surface area contributed by atoms with E-state index in [0.29, 0.717) is 6.04 Å². The maximum absolute atomic E-state index is 4.53. The first-order valence-electron chi connectivity index (χ1n) is 6.76. The molecule has 2 aromatic rings. The van der Waals surface area contributed by atoms with E-state index in [1.807, 2.05) is 0 Å². The molecular weight excluding hydrogens is 402 g/mol. The topological polar surface area (TPSA) is 29.9 Å². The van der Waals surface area contributed by atoms with E-state index >= 15 is 0 Å². The normalized spacial score (nSPS) is 12.8. The van der Waals surface area contributed by atoms with Crippen LogP contribution < -0.4 is 5.32 Å². The summed E-state index contributed by atoms with van der Waals surface area (Å²) in [6.07, 6.45) is 0.960. The summed E-state index contributed by atoms with van der Waals surface area (Å²) >= 11 is 8.93. The van der Waals surface area contributed by atoms with Gasteiger partial charge >= 0.3 is 0 Å². The molecule has 1 N–H and O–H groups in total. The second-order valence-electron chi connectivity index (χ2n) is 4.68. The van der Waals surface area contributed by atoms with Crippen molar-refractivity contribution in [2.45, 2.75) is 39.8 Å². The fraction of sp³-hybridized carbons (Fsp3) is 0.500. The Morgan fingerprint density at radius 2 is 2.10 bits per heavy atom. The van der Waals surface area contributed by atoms with Gasteiger partial charge in [-0.3, -0.25) is 4.68 Å². The standard InChI is InChI=1S/C14H19Br2N3S/c1-4-17-12(13-8-11(15)14(16)20-13)7-10-6-9(3)18-19(10)5-2/h6,8,12,17H,4-5,7H2,1-3H3. The van der Waals surface area contributed by atoms with Crippen LogP contribution in [0.3, 0.4) is 0 Å². The lowest BCUT2D eigenvalue weighted by Crippen LogP contribution is -2.23. The first-order valence-corrected chi connectivity index (χ1v) is 9.16. The number of rotatable bonds is 6. The minimum atomic E-state index is 0.328. The van der Waals surface area contributed by atoms with Crippen molar-refractivity contribution in [3.63, 3.8) is 0 Å². The van der Waals surface area contributed by atoms with Crippen LogP contribution in [-0.2, 0) is 13.0 Å². The van der Waals surface area contributed by atoms with Crippen LogP contribution in [-0.4, -0.2) is 16.3 Å². The number of nitrogens with zero attached hydrogens (tertiary/aromatic N) is 2. The zero-order chi connectivity index (χ0) is 14.7. The number of likely N-dealkylation sites (N-methyl/N-ethyl adjacent to an activating group) is 1. The van der Waals surface area contributed by atoms with E-state index in [-0.39, 0.29) is 0 Å². The minimum Gasteiger partial charge on any atom is -0.309 e. The Morgan fingerprint density at radius 3 is 2.65 bits per heavy atom. The smallest absolute Gasteiger partial charge is 0.0843 e. The van der Waals surface area contributed by atoms with Crippen LogP contribution in [0.2, 0.25) is 0 Å². The maximum atomic E-state index is 4.53. The Labute approximate surface area is 141 Å². The van der Waals surface area contributed by atoms with Gasteiger partial charge in [-0.15, -0.1) is 11.3 Å². The molecule has 0 spiro atoms. The Balaban J connectivity index is 2.24. The molecule has 0 radical (unpaired) electrons. The van der Waals surface area contributed by atoms with Gasteiger partial charge in [0.2, 0.25) is 0 Å². The summed E-state index contributed by atoms with van der Waals surface area (Å²) in [5.41, 5.74) is 2.38. The SMILES string of the molecule is CCNC(Cc1cc(C)nn1CC)c1cc(Br)c(Br)s1. The molecule has 0 saturated carbocycles. The highest BCUT2D eigenvalue weighted by Gasteiger charge is 2.18. The third-order valence-electron chi connectivity index (χ3n) is 3.16. The highest BCUT2D eigenvalue weighted by Crippen LogP contribution is 2.36. The molecule has 0 aliphatic rings. The molecule has 6 heteroatoms. The molecule has 1 atom stereocenters. The van der Waals surface area contributed by atoms with Crippen molar-refractivity contribution < 1.29 is 0 Å². The zero-order valence-corrected chi connectivity index (χ0v) is 15.9. The first kappa shape index (κ1) is 16.2. The predicted octanol–water partition coefficient (Wildman–Crippen LogP) is 4.69. The molecule has 0 aliphatic heterocycles. The van der Waals surface area contributed by atoms with Crippen molar-refractivity contribution in [1.29, 1.82) is 0 Å². The fourth-order valence-electron chi connectivity index (χ4n) is 2.30. The number of hydrogen-bond donors (Lipinski definition) is 1. The van der Waals surface area contributed by atoms with Crippen molar-refractivity contribution in [1.82, 2.24) is 15.1 Å². The van der Waals surface area contributed by atoms with E-state index in [1.165, 1.54) is 10.6 Å². The van der Waals surface area contributed by atoms with E-state index in [2.05, 4.69) is 79.9 Å². The summed E-state index contributed by atoms with van der Waals surface area (Å²) in [7, 11) is 0. The van der Waals surface area contributed by atoms with Crippen molar-refractivity contribution in [2.75, 3.05) is 6.54 Å². The van der Waals surface area contributed by atoms with Crippen LogP contribution >= 0.6 is 43.2 Å². The Kier molecular flexibility index (Phi) is 5.84. The Hall–Kier alpha value is -0.170. The van der Waals surface area contributed by atoms with E-state index in [9.17, 15) is 0 Å². The van der Waals surface area contributed by atoms with E-state index < -0.39 is 0 Å². The highest BCUT2D eigenvalue weighted by molar-refractivity contribution is 9.13. The van der Waals surface area contributed by atoms with Gasteiger partial charge in [-0.25, -0.2) is 0 Å². The molecule has 0 aliphatic carbocycles. The largest absolute Gasteiger partial charge is 0.309 e. The molecule has 0 bridgehead atoms. The molecule has 2 aromatic heterocycles. The zero-order valence-electron chi connectivity index (χ0n) is 11.9. The molecule has 3 nitrogen and oxygen atoms in total. The van der Waals surface area contributed by atoms with Gasteiger partial charge in [0.1, 0.15) is 0 Å². The van der Waals surface area contributed by atoms with Crippen LogP contribution in [0, 0.1) is 6.92 Å². The molecule has 110 valence electrons. The average Bonchev–Trinajstić information content (AvgIpc) is 2.92. The second-order valence-corrected chi connectivity index (χ2v) is 7.93. The monoisotopic (exact) mass is 419 g/mol. The summed E-state index contributed by atoms with van der Waals surface area (Å²) in [4.78, 5) is 1.34. The van der Waals surface area contributed by atoms with E-state index in [0.717, 1.165) is 33.5 Å². The molecular formula is C14H19Br2N3S. The van der Waals surface area contributed by atoms with Crippen molar-refractivity contribution in [2.24, 2.45) is 0 Å². The highest BCUT2D eigenvalue weighted by atomic mass is 79.9. The Morgan fingerprint density at radius 1 is 1.35 bits per heavy atom. The van der Waals surface area contributed by atoms with Crippen LogP contribution in [0.5, 0.6) is 0 Å². The van der Waals surface area contributed by atoms with Gasteiger partial charge in [0.15, 0.2) is 0 Å². The lowest BCUT2D eigenvalue weighted by Gasteiger charge is -2.17. The number of halogens is 2. The molecule has 0 amide bonds. The lowest BCUT2D eigenvalue weighted by molar-refractivity contribution is 0.522. The number of nitrogens with one attached hydrogen (secondary N) is 1. The second kappa shape index (κ2) is 7.20. The predicted molar refractivity (Wildman–Crippen MR) is 92.5 cm³/mol. The quantitative estimate of drug-likeness (QED) is 0.734. The summed E-state index contributed by atoms with van der Waals surface area (Å²) in [5.74, 6) is 0. The van der Waals surface area contributed by atoms with Gasteiger partial charge in [-0.05, 0) is 64.4 Å². The number of hydrogen-bond acceptors (Lipinski definition) is 3. The first-order chi connectivity index (χ1) is 9.55. The van der Waals surface area contributed by atoms with Crippen molar-refractivity contribution in [3.8, 4) is 0 Å². The summed E-state index contributed by atoms with van der Waals surface area (Å²) in [6, 6.07) is 4.71. The maximum Gasteiger partial charge on any atom is 0.0843 e. The minimum absolute atomic E-state index is 0.328. The number of aryl methyl sites for hydroxylation is 2. The molecule has 0 fully saturated rings. The molecule has 0 saturated heterocycles. The van der Waals surface area contributed by atoms with E-state index in [4.69, 9.17) is 0 Å². The van der Waals surface area contributed by atoms with Gasteiger partial charge in [-0.1, -0.05) is 6.92 Å². The molecule has 0 aromatic carbocycles. The summed E-state index contributed by atoms with van der Waals surface area (Å²) in [5, 5.41) is 8.11. The fourth-order valence-corrected chi connectivity index (χ4v) is 4.47. The summed E-state index contributed by atoms with van der Waals surface area (Å²) < 4.78 is 4.37. The number of thiophene rings is 1. The van der Waals surface area contributed by atoms with Crippen LogP contribution in [0.4, 0.5) is 0 Å².